The van der Waals surface area contributed by atoms with Crippen LogP contribution in [-0.2, 0) is 5.54 Å². The van der Waals surface area contributed by atoms with E-state index in [-0.39, 0.29) is 5.54 Å². The zero-order chi connectivity index (χ0) is 23.0. The monoisotopic (exact) mass is 436 g/mol. The van der Waals surface area contributed by atoms with Gasteiger partial charge in [0, 0.05) is 35.5 Å². The number of benzene rings is 2. The van der Waals surface area contributed by atoms with Gasteiger partial charge in [0.15, 0.2) is 0 Å². The third-order valence-electron chi connectivity index (χ3n) is 5.98. The van der Waals surface area contributed by atoms with Gasteiger partial charge in [-0.15, -0.1) is 0 Å². The first-order valence-electron chi connectivity index (χ1n) is 11.4. The Labute approximate surface area is 193 Å². The van der Waals surface area contributed by atoms with E-state index in [0.717, 1.165) is 63.9 Å². The van der Waals surface area contributed by atoms with E-state index >= 15 is 0 Å². The Hall–Kier alpha value is -3.80. The van der Waals surface area contributed by atoms with Crippen molar-refractivity contribution in [2.24, 2.45) is 4.99 Å². The smallest absolute Gasteiger partial charge is 0.142 e. The van der Waals surface area contributed by atoms with Gasteiger partial charge in [-0.1, -0.05) is 36.4 Å². The zero-order valence-electron chi connectivity index (χ0n) is 19.3. The lowest BCUT2D eigenvalue weighted by atomic mass is 10.0. The van der Waals surface area contributed by atoms with E-state index in [1.807, 2.05) is 24.7 Å². The van der Waals surface area contributed by atoms with Gasteiger partial charge in [-0.3, -0.25) is 10.5 Å². The van der Waals surface area contributed by atoms with Gasteiger partial charge in [-0.05, 0) is 62.4 Å². The van der Waals surface area contributed by atoms with Gasteiger partial charge in [0.1, 0.15) is 11.7 Å². The highest BCUT2D eigenvalue weighted by Crippen LogP contribution is 2.37. The van der Waals surface area contributed by atoms with Crippen LogP contribution < -0.4 is 0 Å². The molecule has 0 unspecified atom stereocenters. The first-order chi connectivity index (χ1) is 15.9. The van der Waals surface area contributed by atoms with Crippen LogP contribution in [0.1, 0.15) is 45.6 Å². The SMILES string of the molecule is CC(C)(C)n1c(-c2ccccc2-c2cn[nH]c2)nc2cc(/C3=C/CCCC(=N)N=C3)ccc21. The molecule has 0 bridgehead atoms. The maximum absolute atomic E-state index is 7.94. The van der Waals surface area contributed by atoms with Crippen LogP contribution in [0.4, 0.5) is 0 Å². The molecule has 0 saturated carbocycles. The predicted octanol–water partition coefficient (Wildman–Crippen LogP) is 6.46. The van der Waals surface area contributed by atoms with Crippen LogP contribution in [-0.4, -0.2) is 31.8 Å². The lowest BCUT2D eigenvalue weighted by molar-refractivity contribution is 0.413. The summed E-state index contributed by atoms with van der Waals surface area (Å²) < 4.78 is 2.32. The molecule has 0 spiro atoms. The van der Waals surface area contributed by atoms with E-state index in [1.54, 1.807) is 0 Å². The summed E-state index contributed by atoms with van der Waals surface area (Å²) in [6, 6.07) is 14.8. The molecular weight excluding hydrogens is 408 g/mol. The topological polar surface area (TPSA) is 82.7 Å². The summed E-state index contributed by atoms with van der Waals surface area (Å²) in [4.78, 5) is 9.48. The lowest BCUT2D eigenvalue weighted by Gasteiger charge is -2.25. The quantitative estimate of drug-likeness (QED) is 0.386. The molecule has 1 aliphatic heterocycles. The summed E-state index contributed by atoms with van der Waals surface area (Å²) in [6.07, 6.45) is 10.4. The number of amidine groups is 1. The first kappa shape index (κ1) is 21.1. The summed E-state index contributed by atoms with van der Waals surface area (Å²) in [5.74, 6) is 1.38. The molecule has 1 aliphatic rings. The molecule has 4 aromatic rings. The number of H-pyrrole nitrogens is 1. The Bertz CT molecular complexity index is 1380. The molecule has 0 fully saturated rings. The molecule has 0 amide bonds. The summed E-state index contributed by atoms with van der Waals surface area (Å²) >= 11 is 0. The standard InChI is InChI=1S/C27H28N6/c1-27(2,3)33-24-13-12-18(19-8-4-7-11-25(28)29-15-19)14-23(24)32-26(33)22-10-6-5-9-21(22)20-16-30-31-17-20/h5-6,8-10,12-17,28H,4,7,11H2,1-3H3,(H,30,31)/b19-8+,28-25?,29-15?. The lowest BCUT2D eigenvalue weighted by Crippen LogP contribution is -2.22. The normalized spacial score (nSPS) is 16.5. The first-order valence-corrected chi connectivity index (χ1v) is 11.4. The molecule has 3 heterocycles. The van der Waals surface area contributed by atoms with Crippen molar-refractivity contribution in [1.82, 2.24) is 19.7 Å². The van der Waals surface area contributed by atoms with Crippen molar-refractivity contribution in [1.29, 1.82) is 5.41 Å². The van der Waals surface area contributed by atoms with Crippen LogP contribution in [0.15, 0.2) is 65.9 Å². The number of aromatic amines is 1. The highest BCUT2D eigenvalue weighted by Gasteiger charge is 2.24. The van der Waals surface area contributed by atoms with Gasteiger partial charge in [-0.25, -0.2) is 9.98 Å². The van der Waals surface area contributed by atoms with E-state index in [0.29, 0.717) is 5.84 Å². The number of aromatic nitrogens is 4. The second-order valence-corrected chi connectivity index (χ2v) is 9.43. The van der Waals surface area contributed by atoms with Crippen molar-refractivity contribution >= 4 is 28.7 Å². The van der Waals surface area contributed by atoms with Crippen molar-refractivity contribution in [3.8, 4) is 22.5 Å². The van der Waals surface area contributed by atoms with Crippen molar-refractivity contribution in [3.63, 3.8) is 0 Å². The molecule has 6 heteroatoms. The molecule has 0 saturated heterocycles. The van der Waals surface area contributed by atoms with Crippen molar-refractivity contribution in [2.45, 2.75) is 45.6 Å². The highest BCUT2D eigenvalue weighted by atomic mass is 15.1. The number of fused-ring (bicyclic) bond motifs is 1. The van der Waals surface area contributed by atoms with Gasteiger partial charge in [0.25, 0.3) is 0 Å². The van der Waals surface area contributed by atoms with Crippen LogP contribution in [0.5, 0.6) is 0 Å². The second-order valence-electron chi connectivity index (χ2n) is 9.43. The van der Waals surface area contributed by atoms with E-state index in [1.165, 1.54) is 0 Å². The van der Waals surface area contributed by atoms with E-state index in [2.05, 4.69) is 83.0 Å². The molecule has 0 radical (unpaired) electrons. The molecule has 0 atom stereocenters. The Morgan fingerprint density at radius 3 is 2.61 bits per heavy atom. The molecule has 2 N–H and O–H groups in total. The highest BCUT2D eigenvalue weighted by molar-refractivity contribution is 6.14. The molecular formula is C27H28N6. The van der Waals surface area contributed by atoms with Gasteiger partial charge in [-0.2, -0.15) is 5.10 Å². The average molecular weight is 437 g/mol. The van der Waals surface area contributed by atoms with Crippen LogP contribution in [0.2, 0.25) is 0 Å². The number of nitrogens with zero attached hydrogens (tertiary/aromatic N) is 4. The van der Waals surface area contributed by atoms with Crippen LogP contribution in [0.3, 0.4) is 0 Å². The fourth-order valence-corrected chi connectivity index (χ4v) is 4.43. The number of rotatable bonds is 3. The number of imidazole rings is 1. The van der Waals surface area contributed by atoms with Gasteiger partial charge < -0.3 is 4.57 Å². The van der Waals surface area contributed by atoms with Gasteiger partial charge in [0.05, 0.1) is 17.2 Å². The fourth-order valence-electron chi connectivity index (χ4n) is 4.43. The van der Waals surface area contributed by atoms with E-state index in [9.17, 15) is 0 Å². The summed E-state index contributed by atoms with van der Waals surface area (Å²) in [5.41, 5.74) is 7.22. The number of hydrogen-bond donors (Lipinski definition) is 2. The number of nitrogens with one attached hydrogen (secondary N) is 2. The predicted molar refractivity (Wildman–Crippen MR) is 136 cm³/mol. The van der Waals surface area contributed by atoms with E-state index < -0.39 is 0 Å². The van der Waals surface area contributed by atoms with Gasteiger partial charge >= 0.3 is 0 Å². The minimum absolute atomic E-state index is 0.162. The average Bonchev–Trinajstić information content (AvgIpc) is 3.44. The third kappa shape index (κ3) is 4.04. The number of hydrogen-bond acceptors (Lipinski definition) is 3. The zero-order valence-corrected chi connectivity index (χ0v) is 19.3. The number of aliphatic imine (C=N–C) groups is 1. The minimum Gasteiger partial charge on any atom is -0.319 e. The van der Waals surface area contributed by atoms with Crippen molar-refractivity contribution in [3.05, 3.63) is 66.5 Å². The summed E-state index contributed by atoms with van der Waals surface area (Å²) in [6.45, 7) is 6.63. The third-order valence-corrected chi connectivity index (χ3v) is 5.98. The van der Waals surface area contributed by atoms with Crippen molar-refractivity contribution < 1.29 is 0 Å². The van der Waals surface area contributed by atoms with Gasteiger partial charge in [0.2, 0.25) is 0 Å². The molecule has 33 heavy (non-hydrogen) atoms. The van der Waals surface area contributed by atoms with Crippen LogP contribution in [0, 0.1) is 5.41 Å². The second kappa shape index (κ2) is 8.28. The van der Waals surface area contributed by atoms with E-state index in [4.69, 9.17) is 10.4 Å². The van der Waals surface area contributed by atoms with Crippen molar-refractivity contribution in [2.75, 3.05) is 0 Å². The molecule has 6 nitrogen and oxygen atoms in total. The molecule has 2 aromatic heterocycles. The maximum atomic E-state index is 7.94. The molecule has 2 aromatic carbocycles. The van der Waals surface area contributed by atoms with Crippen LogP contribution >= 0.6 is 0 Å². The maximum Gasteiger partial charge on any atom is 0.142 e. The van der Waals surface area contributed by atoms with Crippen LogP contribution in [0.25, 0.3) is 39.1 Å². The molecule has 166 valence electrons. The number of allylic oxidation sites excluding steroid dienone is 2. The summed E-state index contributed by atoms with van der Waals surface area (Å²) in [5, 5.41) is 15.0. The minimum atomic E-state index is -0.162. The largest absolute Gasteiger partial charge is 0.319 e. The Morgan fingerprint density at radius 1 is 1.03 bits per heavy atom. The Morgan fingerprint density at radius 2 is 1.85 bits per heavy atom. The Balaban J connectivity index is 1.70. The summed E-state index contributed by atoms with van der Waals surface area (Å²) in [7, 11) is 0. The molecule has 5 rings (SSSR count). The Kier molecular flexibility index (Phi) is 5.29. The molecule has 0 aliphatic carbocycles. The fraction of sp³-hybridized carbons (Fsp3) is 0.259.